The fourth-order valence-corrected chi connectivity index (χ4v) is 6.98. The molecule has 1 atom stereocenters. The first-order valence-electron chi connectivity index (χ1n) is 11.9. The Hall–Kier alpha value is -3.77. The largest absolute Gasteiger partial charge is 0.301 e. The van der Waals surface area contributed by atoms with Crippen LogP contribution in [0.15, 0.2) is 78.3 Å². The van der Waals surface area contributed by atoms with Gasteiger partial charge in [0, 0.05) is 23.4 Å². The molecule has 8 rings (SSSR count). The molecule has 1 amide bonds. The number of pyridine rings is 1. The Bertz CT molecular complexity index is 1590. The minimum absolute atomic E-state index is 0.0281. The van der Waals surface area contributed by atoms with Gasteiger partial charge in [0.25, 0.3) is 0 Å². The standard InChI is InChI=1S/C29H24N4OS/c1-17-26(33-14-8-7-13-24(33)30-17)23-16-35-28(31-23)32-27(34)29(2)15-22-18-9-3-5-11-20(18)25(29)21-12-6-4-10-19(21)22/h3-14,16,22,25H,15H2,1-2H3,(H,31,32,34)/t22?,25?,29-/m0/s1. The molecule has 0 fully saturated rings. The fraction of sp³-hybridized carbons (Fsp3) is 0.207. The summed E-state index contributed by atoms with van der Waals surface area (Å²) in [5, 5.41) is 5.81. The molecule has 0 aliphatic heterocycles. The van der Waals surface area contributed by atoms with E-state index in [1.54, 1.807) is 0 Å². The lowest BCUT2D eigenvalue weighted by Crippen LogP contribution is -2.47. The highest BCUT2D eigenvalue weighted by molar-refractivity contribution is 7.14. The summed E-state index contributed by atoms with van der Waals surface area (Å²) >= 11 is 1.46. The number of rotatable bonds is 3. The van der Waals surface area contributed by atoms with E-state index in [2.05, 4.69) is 65.8 Å². The van der Waals surface area contributed by atoms with Gasteiger partial charge in [0.1, 0.15) is 11.3 Å². The Labute approximate surface area is 207 Å². The van der Waals surface area contributed by atoms with Crippen molar-refractivity contribution in [3.8, 4) is 11.4 Å². The zero-order valence-electron chi connectivity index (χ0n) is 19.5. The molecule has 0 saturated heterocycles. The Balaban J connectivity index is 1.25. The van der Waals surface area contributed by atoms with Crippen LogP contribution >= 0.6 is 11.3 Å². The lowest BCUT2D eigenvalue weighted by Gasteiger charge is -2.50. The molecule has 35 heavy (non-hydrogen) atoms. The van der Waals surface area contributed by atoms with Crippen LogP contribution < -0.4 is 5.32 Å². The number of amides is 1. The number of hydrogen-bond acceptors (Lipinski definition) is 4. The normalized spacial score (nSPS) is 22.1. The highest BCUT2D eigenvalue weighted by Crippen LogP contribution is 2.61. The molecule has 3 aromatic heterocycles. The Morgan fingerprint density at radius 2 is 1.63 bits per heavy atom. The van der Waals surface area contributed by atoms with Crippen molar-refractivity contribution in [2.45, 2.75) is 32.1 Å². The van der Waals surface area contributed by atoms with E-state index in [0.717, 1.165) is 29.1 Å². The average molecular weight is 477 g/mol. The Morgan fingerprint density at radius 1 is 0.971 bits per heavy atom. The molecule has 0 spiro atoms. The van der Waals surface area contributed by atoms with Crippen molar-refractivity contribution < 1.29 is 4.79 Å². The van der Waals surface area contributed by atoms with E-state index in [1.165, 1.54) is 33.6 Å². The van der Waals surface area contributed by atoms with Crippen LogP contribution in [0.1, 0.15) is 53.1 Å². The Kier molecular flexibility index (Phi) is 4.33. The number of aromatic nitrogens is 3. The molecule has 172 valence electrons. The second-order valence-corrected chi connectivity index (χ2v) is 10.7. The van der Waals surface area contributed by atoms with E-state index in [-0.39, 0.29) is 17.7 Å². The van der Waals surface area contributed by atoms with Crippen LogP contribution in [0, 0.1) is 12.3 Å². The maximum absolute atomic E-state index is 13.9. The molecule has 3 aliphatic rings. The fourth-order valence-electron chi connectivity index (χ4n) is 6.29. The molecular weight excluding hydrogens is 452 g/mol. The maximum Gasteiger partial charge on any atom is 0.233 e. The van der Waals surface area contributed by atoms with Gasteiger partial charge in [-0.05, 0) is 54.7 Å². The van der Waals surface area contributed by atoms with Gasteiger partial charge in [-0.15, -0.1) is 11.3 Å². The number of aryl methyl sites for hydroxylation is 1. The minimum atomic E-state index is -0.557. The topological polar surface area (TPSA) is 59.3 Å². The second kappa shape index (κ2) is 7.36. The average Bonchev–Trinajstić information content (AvgIpc) is 3.46. The second-order valence-electron chi connectivity index (χ2n) is 9.83. The van der Waals surface area contributed by atoms with Gasteiger partial charge in [-0.1, -0.05) is 54.6 Å². The predicted octanol–water partition coefficient (Wildman–Crippen LogP) is 6.39. The van der Waals surface area contributed by atoms with Crippen LogP contribution in [0.4, 0.5) is 5.13 Å². The summed E-state index contributed by atoms with van der Waals surface area (Å²) < 4.78 is 2.05. The van der Waals surface area contributed by atoms with Gasteiger partial charge in [-0.2, -0.15) is 0 Å². The molecule has 2 bridgehead atoms. The zero-order valence-corrected chi connectivity index (χ0v) is 20.3. The summed E-state index contributed by atoms with van der Waals surface area (Å²) in [4.78, 5) is 23.4. The summed E-state index contributed by atoms with van der Waals surface area (Å²) in [5.41, 5.74) is 8.32. The molecule has 1 N–H and O–H groups in total. The lowest BCUT2D eigenvalue weighted by molar-refractivity contribution is -0.126. The van der Waals surface area contributed by atoms with Crippen LogP contribution in [0.25, 0.3) is 17.0 Å². The van der Waals surface area contributed by atoms with Gasteiger partial charge >= 0.3 is 0 Å². The van der Waals surface area contributed by atoms with E-state index >= 15 is 0 Å². The predicted molar refractivity (Wildman–Crippen MR) is 139 cm³/mol. The van der Waals surface area contributed by atoms with E-state index in [4.69, 9.17) is 4.98 Å². The molecule has 5 nitrogen and oxygen atoms in total. The number of anilines is 1. The number of nitrogens with zero attached hydrogens (tertiary/aromatic N) is 3. The number of thiazole rings is 1. The van der Waals surface area contributed by atoms with E-state index in [1.807, 2.05) is 41.1 Å². The van der Waals surface area contributed by atoms with Crippen molar-refractivity contribution in [3.63, 3.8) is 0 Å². The summed E-state index contributed by atoms with van der Waals surface area (Å²) in [6.45, 7) is 4.11. The molecule has 0 saturated carbocycles. The summed E-state index contributed by atoms with van der Waals surface area (Å²) in [6, 6.07) is 23.2. The van der Waals surface area contributed by atoms with Gasteiger partial charge < -0.3 is 5.32 Å². The van der Waals surface area contributed by atoms with Gasteiger partial charge in [0.2, 0.25) is 5.91 Å². The van der Waals surface area contributed by atoms with Crippen molar-refractivity contribution in [2.75, 3.05) is 5.32 Å². The van der Waals surface area contributed by atoms with Crippen molar-refractivity contribution in [1.82, 2.24) is 14.4 Å². The molecule has 3 aliphatic carbocycles. The molecule has 6 heteroatoms. The number of hydrogen-bond donors (Lipinski definition) is 1. The number of benzene rings is 2. The SMILES string of the molecule is Cc1nc2ccccn2c1-c1csc(NC(=O)[C@@]2(C)CC3c4ccccc4C2c2ccccc23)n1. The number of carbonyl (C=O) groups excluding carboxylic acids is 1. The smallest absolute Gasteiger partial charge is 0.233 e. The summed E-state index contributed by atoms with van der Waals surface area (Å²) in [6.07, 6.45) is 2.79. The zero-order chi connectivity index (χ0) is 23.7. The van der Waals surface area contributed by atoms with Gasteiger partial charge in [0.15, 0.2) is 5.13 Å². The first kappa shape index (κ1) is 20.6. The van der Waals surface area contributed by atoms with Crippen LogP contribution in [0.5, 0.6) is 0 Å². The molecule has 0 radical (unpaired) electrons. The van der Waals surface area contributed by atoms with Crippen molar-refractivity contribution in [3.05, 3.63) is 106 Å². The molecule has 0 unspecified atom stereocenters. The van der Waals surface area contributed by atoms with E-state index in [0.29, 0.717) is 5.13 Å². The van der Waals surface area contributed by atoms with Crippen molar-refractivity contribution in [2.24, 2.45) is 5.41 Å². The highest BCUT2D eigenvalue weighted by Gasteiger charge is 2.53. The van der Waals surface area contributed by atoms with E-state index < -0.39 is 5.41 Å². The molecule has 3 heterocycles. The van der Waals surface area contributed by atoms with Crippen LogP contribution in [0.3, 0.4) is 0 Å². The molecule has 2 aromatic carbocycles. The number of imidazole rings is 1. The third kappa shape index (κ3) is 2.89. The maximum atomic E-state index is 13.9. The molecule has 5 aromatic rings. The van der Waals surface area contributed by atoms with Crippen molar-refractivity contribution in [1.29, 1.82) is 0 Å². The number of carbonyl (C=O) groups is 1. The third-order valence-corrected chi connectivity index (χ3v) is 8.58. The summed E-state index contributed by atoms with van der Waals surface area (Å²) in [7, 11) is 0. The summed E-state index contributed by atoms with van der Waals surface area (Å²) in [5.74, 6) is 0.295. The number of nitrogens with one attached hydrogen (secondary N) is 1. The van der Waals surface area contributed by atoms with E-state index in [9.17, 15) is 4.79 Å². The van der Waals surface area contributed by atoms with Crippen LogP contribution in [-0.4, -0.2) is 20.3 Å². The van der Waals surface area contributed by atoms with Crippen molar-refractivity contribution >= 4 is 28.0 Å². The third-order valence-electron chi connectivity index (χ3n) is 7.82. The minimum Gasteiger partial charge on any atom is -0.301 e. The Morgan fingerprint density at radius 3 is 2.34 bits per heavy atom. The van der Waals surface area contributed by atoms with Gasteiger partial charge in [-0.3, -0.25) is 9.20 Å². The first-order valence-corrected chi connectivity index (χ1v) is 12.8. The molecular formula is C29H24N4OS. The highest BCUT2D eigenvalue weighted by atomic mass is 32.1. The van der Waals surface area contributed by atoms with Gasteiger partial charge in [0.05, 0.1) is 16.8 Å². The quantitative estimate of drug-likeness (QED) is 0.328. The monoisotopic (exact) mass is 476 g/mol. The number of fused-ring (bicyclic) bond motifs is 2. The van der Waals surface area contributed by atoms with Crippen LogP contribution in [0.2, 0.25) is 0 Å². The lowest BCUT2D eigenvalue weighted by atomic mass is 9.52. The first-order chi connectivity index (χ1) is 17.0. The van der Waals surface area contributed by atoms with Gasteiger partial charge in [-0.25, -0.2) is 9.97 Å². The van der Waals surface area contributed by atoms with Crippen LogP contribution in [-0.2, 0) is 4.79 Å².